The molecule has 0 unspecified atom stereocenters. The molecule has 0 atom stereocenters. The van der Waals surface area contributed by atoms with E-state index in [4.69, 9.17) is 0 Å². The van der Waals surface area contributed by atoms with Gasteiger partial charge in [-0.3, -0.25) is 9.47 Å². The van der Waals surface area contributed by atoms with Gasteiger partial charge in [-0.05, 0) is 19.1 Å². The van der Waals surface area contributed by atoms with Crippen LogP contribution in [0.2, 0.25) is 0 Å². The fourth-order valence-corrected chi connectivity index (χ4v) is 4.22. The summed E-state index contributed by atoms with van der Waals surface area (Å²) >= 11 is 0. The quantitative estimate of drug-likeness (QED) is 0.843. The second-order valence-corrected chi connectivity index (χ2v) is 8.31. The number of nitrogens with zero attached hydrogens (tertiary/aromatic N) is 3. The van der Waals surface area contributed by atoms with Gasteiger partial charge in [0.15, 0.2) is 9.84 Å². The Morgan fingerprint density at radius 3 is 2.55 bits per heavy atom. The van der Waals surface area contributed by atoms with Gasteiger partial charge in [0.2, 0.25) is 0 Å². The number of sulfone groups is 1. The number of hydrogen-bond acceptors (Lipinski definition) is 4. The molecule has 6 heteroatoms. The van der Waals surface area contributed by atoms with Crippen molar-refractivity contribution in [2.75, 3.05) is 18.8 Å². The van der Waals surface area contributed by atoms with Crippen molar-refractivity contribution in [1.29, 1.82) is 0 Å². The van der Waals surface area contributed by atoms with Gasteiger partial charge in [0, 0.05) is 31.1 Å². The van der Waals surface area contributed by atoms with E-state index in [0.29, 0.717) is 13.1 Å². The highest BCUT2D eigenvalue weighted by Gasteiger charge is 2.36. The highest BCUT2D eigenvalue weighted by Crippen LogP contribution is 2.22. The van der Waals surface area contributed by atoms with Crippen LogP contribution in [0.3, 0.4) is 0 Å². The molecule has 2 heterocycles. The Bertz CT molecular complexity index is 747. The molecule has 1 aromatic heterocycles. The smallest absolute Gasteiger partial charge is 0.155 e. The number of aryl methyl sites for hydroxylation is 1. The van der Waals surface area contributed by atoms with Crippen LogP contribution in [0, 0.1) is 6.92 Å². The first-order valence-corrected chi connectivity index (χ1v) is 9.25. The molecule has 0 N–H and O–H groups in total. The number of benzene rings is 1. The monoisotopic (exact) mass is 319 g/mol. The van der Waals surface area contributed by atoms with Crippen molar-refractivity contribution < 1.29 is 8.42 Å². The lowest BCUT2D eigenvalue weighted by molar-refractivity contribution is 0.173. The average molecular weight is 319 g/mol. The van der Waals surface area contributed by atoms with E-state index in [9.17, 15) is 8.42 Å². The van der Waals surface area contributed by atoms with E-state index in [0.717, 1.165) is 23.8 Å². The molecule has 1 aromatic carbocycles. The number of aromatic nitrogens is 2. The van der Waals surface area contributed by atoms with Crippen LogP contribution in [0.1, 0.15) is 18.4 Å². The molecule has 3 rings (SSSR count). The van der Waals surface area contributed by atoms with Gasteiger partial charge in [-0.2, -0.15) is 0 Å². The zero-order valence-corrected chi connectivity index (χ0v) is 13.8. The summed E-state index contributed by atoms with van der Waals surface area (Å²) in [5.41, 5.74) is 2.18. The molecule has 0 saturated carbocycles. The fraction of sp³-hybridized carbons (Fsp3) is 0.438. The molecule has 0 amide bonds. The third-order valence-corrected chi connectivity index (χ3v) is 6.36. The Morgan fingerprint density at radius 1 is 1.23 bits per heavy atom. The van der Waals surface area contributed by atoms with Crippen LogP contribution < -0.4 is 0 Å². The number of para-hydroxylation sites is 1. The second kappa shape index (κ2) is 5.85. The summed E-state index contributed by atoms with van der Waals surface area (Å²) < 4.78 is 25.8. The predicted octanol–water partition coefficient (Wildman–Crippen LogP) is 1.80. The van der Waals surface area contributed by atoms with Gasteiger partial charge in [-0.1, -0.05) is 25.1 Å². The molecule has 1 aliphatic heterocycles. The van der Waals surface area contributed by atoms with Crippen LogP contribution in [-0.4, -0.2) is 47.0 Å². The first kappa shape index (κ1) is 15.2. The van der Waals surface area contributed by atoms with E-state index in [1.54, 1.807) is 6.92 Å². The Hall–Kier alpha value is -1.66. The molecule has 0 bridgehead atoms. The van der Waals surface area contributed by atoms with Gasteiger partial charge < -0.3 is 0 Å². The molecule has 118 valence electrons. The zero-order valence-electron chi connectivity index (χ0n) is 12.9. The summed E-state index contributed by atoms with van der Waals surface area (Å²) in [6, 6.07) is 10.1. The van der Waals surface area contributed by atoms with Gasteiger partial charge in [-0.15, -0.1) is 0 Å². The third-order valence-electron chi connectivity index (χ3n) is 4.25. The fourth-order valence-electron chi connectivity index (χ4n) is 2.88. The van der Waals surface area contributed by atoms with E-state index >= 15 is 0 Å². The third kappa shape index (κ3) is 2.80. The van der Waals surface area contributed by atoms with Crippen LogP contribution in [0.25, 0.3) is 5.69 Å². The van der Waals surface area contributed by atoms with Crippen molar-refractivity contribution in [1.82, 2.24) is 14.5 Å². The highest BCUT2D eigenvalue weighted by atomic mass is 32.2. The lowest BCUT2D eigenvalue weighted by Gasteiger charge is -2.38. The van der Waals surface area contributed by atoms with Gasteiger partial charge in [0.05, 0.1) is 17.1 Å². The lowest BCUT2D eigenvalue weighted by Crippen LogP contribution is -2.54. The topological polar surface area (TPSA) is 55.2 Å². The van der Waals surface area contributed by atoms with Crippen molar-refractivity contribution in [3.05, 3.63) is 48.0 Å². The predicted molar refractivity (Wildman–Crippen MR) is 86.8 cm³/mol. The number of rotatable bonds is 5. The maximum Gasteiger partial charge on any atom is 0.155 e. The van der Waals surface area contributed by atoms with Gasteiger partial charge in [0.25, 0.3) is 0 Å². The largest absolute Gasteiger partial charge is 0.300 e. The Balaban J connectivity index is 1.74. The summed E-state index contributed by atoms with van der Waals surface area (Å²) in [7, 11) is -2.91. The Labute approximate surface area is 131 Å². The van der Waals surface area contributed by atoms with Crippen LogP contribution in [-0.2, 0) is 16.4 Å². The van der Waals surface area contributed by atoms with Crippen molar-refractivity contribution >= 4 is 9.84 Å². The highest BCUT2D eigenvalue weighted by molar-refractivity contribution is 7.92. The SMILES string of the molecule is CCS(=O)(=O)C1CN(Cc2cnc(C)n2-c2ccccc2)C1. The number of hydrogen-bond donors (Lipinski definition) is 0. The number of likely N-dealkylation sites (tertiary alicyclic amines) is 1. The maximum absolute atomic E-state index is 11.8. The van der Waals surface area contributed by atoms with Crippen LogP contribution in [0.15, 0.2) is 36.5 Å². The molecule has 0 spiro atoms. The molecular formula is C16H21N3O2S. The van der Waals surface area contributed by atoms with Crippen LogP contribution >= 0.6 is 0 Å². The minimum atomic E-state index is -2.91. The van der Waals surface area contributed by atoms with E-state index in [2.05, 4.69) is 26.6 Å². The number of imidazole rings is 1. The minimum Gasteiger partial charge on any atom is -0.300 e. The molecule has 0 radical (unpaired) electrons. The van der Waals surface area contributed by atoms with E-state index in [-0.39, 0.29) is 11.0 Å². The zero-order chi connectivity index (χ0) is 15.7. The molecule has 5 nitrogen and oxygen atoms in total. The summed E-state index contributed by atoms with van der Waals surface area (Å²) in [6.07, 6.45) is 1.88. The summed E-state index contributed by atoms with van der Waals surface area (Å²) in [5.74, 6) is 1.17. The van der Waals surface area contributed by atoms with Crippen molar-refractivity contribution in [2.24, 2.45) is 0 Å². The summed E-state index contributed by atoms with van der Waals surface area (Å²) in [6.45, 7) is 5.67. The summed E-state index contributed by atoms with van der Waals surface area (Å²) in [5, 5.41) is -0.202. The van der Waals surface area contributed by atoms with Crippen LogP contribution in [0.5, 0.6) is 0 Å². The maximum atomic E-state index is 11.8. The van der Waals surface area contributed by atoms with E-state index < -0.39 is 9.84 Å². The standard InChI is InChI=1S/C16H21N3O2S/c1-3-22(20,21)16-11-18(12-16)10-15-9-17-13(2)19(15)14-7-5-4-6-8-14/h4-9,16H,3,10-12H2,1-2H3. The van der Waals surface area contributed by atoms with E-state index in [1.807, 2.05) is 31.3 Å². The first-order chi connectivity index (χ1) is 10.5. The van der Waals surface area contributed by atoms with E-state index in [1.165, 1.54) is 0 Å². The van der Waals surface area contributed by atoms with Crippen molar-refractivity contribution in [3.8, 4) is 5.69 Å². The van der Waals surface area contributed by atoms with Crippen molar-refractivity contribution in [2.45, 2.75) is 25.6 Å². The second-order valence-electron chi connectivity index (χ2n) is 5.74. The van der Waals surface area contributed by atoms with Gasteiger partial charge in [-0.25, -0.2) is 13.4 Å². The van der Waals surface area contributed by atoms with Gasteiger partial charge >= 0.3 is 0 Å². The molecular weight excluding hydrogens is 298 g/mol. The van der Waals surface area contributed by atoms with Crippen LogP contribution in [0.4, 0.5) is 0 Å². The first-order valence-electron chi connectivity index (χ1n) is 7.54. The summed E-state index contributed by atoms with van der Waals surface area (Å²) in [4.78, 5) is 6.57. The molecule has 22 heavy (non-hydrogen) atoms. The average Bonchev–Trinajstić information content (AvgIpc) is 2.84. The molecule has 0 aliphatic carbocycles. The molecule has 1 aliphatic rings. The Kier molecular flexibility index (Phi) is 4.06. The molecule has 2 aromatic rings. The molecule has 1 fully saturated rings. The van der Waals surface area contributed by atoms with Crippen molar-refractivity contribution in [3.63, 3.8) is 0 Å². The Morgan fingerprint density at radius 2 is 1.91 bits per heavy atom. The normalized spacial score (nSPS) is 16.6. The minimum absolute atomic E-state index is 0.202. The molecule has 1 saturated heterocycles. The lowest BCUT2D eigenvalue weighted by atomic mass is 10.2. The van der Waals surface area contributed by atoms with Gasteiger partial charge in [0.1, 0.15) is 5.82 Å².